The molecule has 23 heavy (non-hydrogen) atoms. The lowest BCUT2D eigenvalue weighted by Gasteiger charge is -2.02. The molecule has 118 valence electrons. The van der Waals surface area contributed by atoms with Crippen molar-refractivity contribution in [1.29, 1.82) is 5.26 Å². The molecule has 5 nitrogen and oxygen atoms in total. The van der Waals surface area contributed by atoms with Gasteiger partial charge < -0.3 is 9.72 Å². The molecule has 0 unspecified atom stereocenters. The Morgan fingerprint density at radius 2 is 2.17 bits per heavy atom. The summed E-state index contributed by atoms with van der Waals surface area (Å²) in [7, 11) is 0. The molecule has 0 aromatic carbocycles. The number of aromatic amines is 1. The van der Waals surface area contributed by atoms with E-state index in [-0.39, 0.29) is 18.0 Å². The van der Waals surface area contributed by atoms with E-state index in [1.807, 2.05) is 6.07 Å². The number of hydrogen-bond donors (Lipinski definition) is 1. The lowest BCUT2D eigenvalue weighted by Crippen LogP contribution is -2.06. The van der Waals surface area contributed by atoms with Crippen LogP contribution in [0.2, 0.25) is 0 Å². The van der Waals surface area contributed by atoms with Crippen LogP contribution in [0.3, 0.4) is 0 Å². The van der Waals surface area contributed by atoms with E-state index in [2.05, 4.69) is 4.98 Å². The second-order valence-electron chi connectivity index (χ2n) is 4.86. The summed E-state index contributed by atoms with van der Waals surface area (Å²) in [6, 6.07) is 5.37. The molecule has 2 aromatic rings. The second-order valence-corrected chi connectivity index (χ2v) is 5.81. The summed E-state index contributed by atoms with van der Waals surface area (Å²) in [5, 5.41) is 11.1. The highest BCUT2D eigenvalue weighted by Crippen LogP contribution is 2.23. The first-order valence-electron chi connectivity index (χ1n) is 7.05. The fourth-order valence-electron chi connectivity index (χ4n) is 2.26. The first-order valence-corrected chi connectivity index (χ1v) is 7.93. The third kappa shape index (κ3) is 3.41. The summed E-state index contributed by atoms with van der Waals surface area (Å²) in [6.07, 6.45) is 1.48. The van der Waals surface area contributed by atoms with Crippen LogP contribution >= 0.6 is 11.3 Å². The molecule has 2 heterocycles. The van der Waals surface area contributed by atoms with Crippen LogP contribution in [-0.4, -0.2) is 23.3 Å². The number of carbonyl (C=O) groups is 2. The lowest BCUT2D eigenvalue weighted by atomic mass is 10.1. The Kier molecular flexibility index (Phi) is 5.14. The van der Waals surface area contributed by atoms with Gasteiger partial charge in [0.1, 0.15) is 11.6 Å². The van der Waals surface area contributed by atoms with Crippen molar-refractivity contribution < 1.29 is 14.3 Å². The summed E-state index contributed by atoms with van der Waals surface area (Å²) in [6.45, 7) is 5.54. The maximum absolute atomic E-state index is 12.3. The SMILES string of the molecule is CCOC(=O)c1c(C)[nH]c(/C=C(\C#N)C(=O)c2cccs2)c1C. The number of rotatable bonds is 5. The number of nitriles is 1. The smallest absolute Gasteiger partial charge is 0.340 e. The number of thiophene rings is 1. The zero-order chi connectivity index (χ0) is 17.0. The molecular weight excluding hydrogens is 312 g/mol. The van der Waals surface area contributed by atoms with E-state index in [0.717, 1.165) is 0 Å². The Hall–Kier alpha value is -2.65. The maximum atomic E-state index is 12.3. The van der Waals surface area contributed by atoms with Crippen molar-refractivity contribution in [3.8, 4) is 6.07 Å². The van der Waals surface area contributed by atoms with Crippen molar-refractivity contribution in [2.75, 3.05) is 6.61 Å². The van der Waals surface area contributed by atoms with E-state index < -0.39 is 5.97 Å². The fourth-order valence-corrected chi connectivity index (χ4v) is 2.94. The summed E-state index contributed by atoms with van der Waals surface area (Å²) >= 11 is 1.28. The summed E-state index contributed by atoms with van der Waals surface area (Å²) < 4.78 is 5.03. The van der Waals surface area contributed by atoms with Gasteiger partial charge in [-0.05, 0) is 43.9 Å². The molecule has 0 bridgehead atoms. The van der Waals surface area contributed by atoms with Crippen molar-refractivity contribution in [3.05, 3.63) is 50.5 Å². The second kappa shape index (κ2) is 7.07. The van der Waals surface area contributed by atoms with Crippen LogP contribution in [-0.2, 0) is 4.74 Å². The molecule has 0 atom stereocenters. The van der Waals surface area contributed by atoms with Gasteiger partial charge in [-0.2, -0.15) is 5.26 Å². The quantitative estimate of drug-likeness (QED) is 0.393. The minimum atomic E-state index is -0.415. The normalized spacial score (nSPS) is 11.1. The highest BCUT2D eigenvalue weighted by molar-refractivity contribution is 7.12. The Morgan fingerprint density at radius 1 is 1.43 bits per heavy atom. The molecule has 0 radical (unpaired) electrons. The average molecular weight is 328 g/mol. The molecule has 0 saturated carbocycles. The predicted molar refractivity (Wildman–Crippen MR) is 88.5 cm³/mol. The molecule has 0 aliphatic carbocycles. The molecule has 2 rings (SSSR count). The van der Waals surface area contributed by atoms with Gasteiger partial charge in [-0.3, -0.25) is 4.79 Å². The van der Waals surface area contributed by atoms with Crippen molar-refractivity contribution >= 4 is 29.2 Å². The van der Waals surface area contributed by atoms with Crippen LogP contribution in [0.15, 0.2) is 23.1 Å². The van der Waals surface area contributed by atoms with Crippen molar-refractivity contribution in [1.82, 2.24) is 4.98 Å². The van der Waals surface area contributed by atoms with Gasteiger partial charge in [0.05, 0.1) is 17.0 Å². The summed E-state index contributed by atoms with van der Waals surface area (Å²) in [4.78, 5) is 27.8. The van der Waals surface area contributed by atoms with Crippen LogP contribution in [0, 0.1) is 25.2 Å². The van der Waals surface area contributed by atoms with E-state index in [0.29, 0.717) is 27.4 Å². The number of Topliss-reactive ketones (excluding diaryl/α,β-unsaturated/α-hetero) is 1. The zero-order valence-electron chi connectivity index (χ0n) is 13.1. The van der Waals surface area contributed by atoms with Crippen molar-refractivity contribution in [2.45, 2.75) is 20.8 Å². The van der Waals surface area contributed by atoms with Crippen molar-refractivity contribution in [2.24, 2.45) is 0 Å². The van der Waals surface area contributed by atoms with Crippen LogP contribution in [0.1, 0.15) is 43.9 Å². The number of nitrogens with zero attached hydrogens (tertiary/aromatic N) is 1. The van der Waals surface area contributed by atoms with Crippen LogP contribution in [0.25, 0.3) is 6.08 Å². The van der Waals surface area contributed by atoms with E-state index in [9.17, 15) is 14.9 Å². The van der Waals surface area contributed by atoms with Gasteiger partial charge in [0.15, 0.2) is 0 Å². The molecule has 2 aromatic heterocycles. The zero-order valence-corrected chi connectivity index (χ0v) is 13.9. The molecule has 0 spiro atoms. The summed E-state index contributed by atoms with van der Waals surface area (Å²) in [5.41, 5.74) is 2.33. The Balaban J connectivity index is 2.42. The third-order valence-electron chi connectivity index (χ3n) is 3.35. The third-order valence-corrected chi connectivity index (χ3v) is 4.22. The number of esters is 1. The van der Waals surface area contributed by atoms with E-state index >= 15 is 0 Å². The van der Waals surface area contributed by atoms with Gasteiger partial charge in [0, 0.05) is 11.4 Å². The van der Waals surface area contributed by atoms with Crippen LogP contribution < -0.4 is 0 Å². The van der Waals surface area contributed by atoms with Gasteiger partial charge in [-0.1, -0.05) is 6.07 Å². The van der Waals surface area contributed by atoms with Gasteiger partial charge in [-0.15, -0.1) is 11.3 Å². The average Bonchev–Trinajstić information content (AvgIpc) is 3.13. The molecule has 0 aliphatic rings. The summed E-state index contributed by atoms with van der Waals surface area (Å²) in [5.74, 6) is -0.742. The minimum Gasteiger partial charge on any atom is -0.462 e. The number of carbonyl (C=O) groups excluding carboxylic acids is 2. The number of aryl methyl sites for hydroxylation is 1. The molecule has 0 aliphatic heterocycles. The Bertz CT molecular complexity index is 808. The Labute approximate surface area is 138 Å². The standard InChI is InChI=1S/C17H16N2O3S/c1-4-22-17(21)15-10(2)13(19-11(15)3)8-12(9-18)16(20)14-6-5-7-23-14/h5-8,19H,4H2,1-3H3/b12-8+. The molecule has 0 saturated heterocycles. The number of nitrogens with one attached hydrogen (secondary N) is 1. The van der Waals surface area contributed by atoms with Gasteiger partial charge in [0.25, 0.3) is 0 Å². The lowest BCUT2D eigenvalue weighted by molar-refractivity contribution is 0.0525. The topological polar surface area (TPSA) is 82.9 Å². The highest BCUT2D eigenvalue weighted by atomic mass is 32.1. The van der Waals surface area contributed by atoms with Gasteiger partial charge in [-0.25, -0.2) is 4.79 Å². The first-order chi connectivity index (χ1) is 11.0. The minimum absolute atomic E-state index is 0.0206. The maximum Gasteiger partial charge on any atom is 0.340 e. The molecule has 1 N–H and O–H groups in total. The predicted octanol–water partition coefficient (Wildman–Crippen LogP) is 3.66. The van der Waals surface area contributed by atoms with Gasteiger partial charge >= 0.3 is 5.97 Å². The molecule has 0 amide bonds. The van der Waals surface area contributed by atoms with Crippen LogP contribution in [0.4, 0.5) is 0 Å². The number of H-pyrrole nitrogens is 1. The number of aromatic nitrogens is 1. The number of hydrogen-bond acceptors (Lipinski definition) is 5. The van der Waals surface area contributed by atoms with Crippen molar-refractivity contribution in [3.63, 3.8) is 0 Å². The molecule has 0 fully saturated rings. The monoisotopic (exact) mass is 328 g/mol. The van der Waals surface area contributed by atoms with Crippen LogP contribution in [0.5, 0.6) is 0 Å². The highest BCUT2D eigenvalue weighted by Gasteiger charge is 2.20. The fraction of sp³-hybridized carbons (Fsp3) is 0.235. The number of ether oxygens (including phenoxy) is 1. The molecule has 6 heteroatoms. The number of ketones is 1. The largest absolute Gasteiger partial charge is 0.462 e. The van der Waals surface area contributed by atoms with E-state index in [1.54, 1.807) is 38.3 Å². The molecular formula is C17H16N2O3S. The number of allylic oxidation sites excluding steroid dienone is 1. The van der Waals surface area contributed by atoms with E-state index in [4.69, 9.17) is 4.74 Å². The Morgan fingerprint density at radius 3 is 2.74 bits per heavy atom. The van der Waals surface area contributed by atoms with E-state index in [1.165, 1.54) is 17.4 Å². The van der Waals surface area contributed by atoms with Gasteiger partial charge in [0.2, 0.25) is 5.78 Å². The first kappa shape index (κ1) is 16.7.